The van der Waals surface area contributed by atoms with Crippen LogP contribution < -0.4 is 5.32 Å². The van der Waals surface area contributed by atoms with Gasteiger partial charge >= 0.3 is 6.03 Å². The maximum absolute atomic E-state index is 13.4. The highest BCUT2D eigenvalue weighted by molar-refractivity contribution is 5.90. The predicted molar refractivity (Wildman–Crippen MR) is 131 cm³/mol. The van der Waals surface area contributed by atoms with Crippen molar-refractivity contribution in [3.05, 3.63) is 41.5 Å². The number of hydrogen-bond acceptors (Lipinski definition) is 2. The first-order chi connectivity index (χ1) is 14.8. The second kappa shape index (κ2) is 10.2. The molecule has 3 unspecified atom stereocenters. The van der Waals surface area contributed by atoms with Crippen molar-refractivity contribution in [2.75, 3.05) is 31.5 Å². The Morgan fingerprint density at radius 3 is 2.55 bits per heavy atom. The molecule has 4 rings (SSSR count). The van der Waals surface area contributed by atoms with Crippen LogP contribution in [0.1, 0.15) is 65.9 Å². The summed E-state index contributed by atoms with van der Waals surface area (Å²) in [5, 5.41) is 3.20. The van der Waals surface area contributed by atoms with Crippen LogP contribution in [0.25, 0.3) is 0 Å². The second-order valence-corrected chi connectivity index (χ2v) is 10.2. The number of nitrogens with one attached hydrogen (secondary N) is 1. The highest BCUT2D eigenvalue weighted by atomic mass is 16.2. The van der Waals surface area contributed by atoms with Gasteiger partial charge in [-0.25, -0.2) is 4.79 Å². The number of rotatable bonds is 10. The van der Waals surface area contributed by atoms with Crippen LogP contribution in [0, 0.1) is 24.2 Å². The largest absolute Gasteiger partial charge is 0.322 e. The highest BCUT2D eigenvalue weighted by Gasteiger charge is 2.51. The lowest BCUT2D eigenvalue weighted by atomic mass is 9.49. The molecule has 172 valence electrons. The van der Waals surface area contributed by atoms with Gasteiger partial charge in [0.05, 0.1) is 0 Å². The Hall–Kier alpha value is -1.81. The van der Waals surface area contributed by atoms with Crippen LogP contribution in [0.4, 0.5) is 10.5 Å². The fourth-order valence-electron chi connectivity index (χ4n) is 5.49. The molecule has 0 heterocycles. The molecule has 1 aromatic rings. The number of fused-ring (bicyclic) bond motifs is 1. The Kier molecular flexibility index (Phi) is 7.85. The number of hydrogen-bond donors (Lipinski definition) is 1. The van der Waals surface area contributed by atoms with Gasteiger partial charge < -0.3 is 15.1 Å². The molecule has 31 heavy (non-hydrogen) atoms. The van der Waals surface area contributed by atoms with Crippen molar-refractivity contribution in [2.45, 2.75) is 73.3 Å². The van der Waals surface area contributed by atoms with Crippen LogP contribution in [-0.2, 0) is 0 Å². The smallest absolute Gasteiger partial charge is 0.318 e. The number of carbonyl (C=O) groups excluding carboxylic acids is 1. The van der Waals surface area contributed by atoms with Crippen molar-refractivity contribution in [3.8, 4) is 0 Å². The molecule has 3 aliphatic rings. The van der Waals surface area contributed by atoms with Gasteiger partial charge in [0, 0.05) is 18.3 Å². The number of aryl methyl sites for hydroxylation is 1. The summed E-state index contributed by atoms with van der Waals surface area (Å²) < 4.78 is 0. The summed E-state index contributed by atoms with van der Waals surface area (Å²) in [7, 11) is 0. The zero-order valence-electron chi connectivity index (χ0n) is 20.6. The van der Waals surface area contributed by atoms with E-state index in [2.05, 4.69) is 55.8 Å². The van der Waals surface area contributed by atoms with E-state index in [0.29, 0.717) is 11.3 Å². The molecule has 3 atom stereocenters. The summed E-state index contributed by atoms with van der Waals surface area (Å²) in [5.41, 5.74) is 3.87. The average molecular weight is 426 g/mol. The van der Waals surface area contributed by atoms with E-state index in [0.717, 1.165) is 56.2 Å². The van der Waals surface area contributed by atoms with Crippen LogP contribution in [0.5, 0.6) is 0 Å². The van der Waals surface area contributed by atoms with Crippen molar-refractivity contribution in [2.24, 2.45) is 17.3 Å². The fraction of sp³-hybridized carbons (Fsp3) is 0.667. The van der Waals surface area contributed by atoms with E-state index < -0.39 is 0 Å². The SMILES string of the molecule is CCN(CC)CCCC(C)N(CC1=CCC2CC1C2(C)C)C(=O)Nc1ccccc1C. The first-order valence-corrected chi connectivity index (χ1v) is 12.3. The minimum absolute atomic E-state index is 0.0322. The first-order valence-electron chi connectivity index (χ1n) is 12.3. The Morgan fingerprint density at radius 2 is 1.94 bits per heavy atom. The van der Waals surface area contributed by atoms with Gasteiger partial charge in [0.2, 0.25) is 0 Å². The molecule has 0 aromatic heterocycles. The Labute approximate surface area is 190 Å². The van der Waals surface area contributed by atoms with E-state index in [1.54, 1.807) is 0 Å². The molecule has 1 fully saturated rings. The van der Waals surface area contributed by atoms with E-state index >= 15 is 0 Å². The molecule has 0 spiro atoms. The van der Waals surface area contributed by atoms with E-state index in [-0.39, 0.29) is 12.1 Å². The van der Waals surface area contributed by atoms with E-state index in [4.69, 9.17) is 0 Å². The molecule has 0 aliphatic heterocycles. The van der Waals surface area contributed by atoms with Gasteiger partial charge in [0.15, 0.2) is 0 Å². The van der Waals surface area contributed by atoms with Gasteiger partial charge in [-0.3, -0.25) is 0 Å². The topological polar surface area (TPSA) is 35.6 Å². The van der Waals surface area contributed by atoms with Gasteiger partial charge in [-0.2, -0.15) is 0 Å². The fourth-order valence-corrected chi connectivity index (χ4v) is 5.49. The number of urea groups is 1. The van der Waals surface area contributed by atoms with Crippen LogP contribution in [0.3, 0.4) is 0 Å². The van der Waals surface area contributed by atoms with Crippen molar-refractivity contribution < 1.29 is 4.79 Å². The Balaban J connectivity index is 1.71. The van der Waals surface area contributed by atoms with Gasteiger partial charge in [-0.05, 0) is 88.0 Å². The highest BCUT2D eigenvalue weighted by Crippen LogP contribution is 2.59. The average Bonchev–Trinajstić information content (AvgIpc) is 2.76. The number of benzene rings is 1. The maximum atomic E-state index is 13.4. The molecular weight excluding hydrogens is 382 g/mol. The minimum atomic E-state index is 0.0322. The Bertz CT molecular complexity index is 780. The summed E-state index contributed by atoms with van der Waals surface area (Å²) >= 11 is 0. The Morgan fingerprint density at radius 1 is 1.23 bits per heavy atom. The zero-order chi connectivity index (χ0) is 22.6. The van der Waals surface area contributed by atoms with Crippen LogP contribution in [-0.4, -0.2) is 48.1 Å². The van der Waals surface area contributed by atoms with Crippen LogP contribution in [0.15, 0.2) is 35.9 Å². The molecule has 2 bridgehead atoms. The molecule has 4 nitrogen and oxygen atoms in total. The van der Waals surface area contributed by atoms with E-state index in [1.807, 2.05) is 31.2 Å². The number of amides is 2. The summed E-state index contributed by atoms with van der Waals surface area (Å²) in [6.45, 7) is 17.6. The van der Waals surface area contributed by atoms with Crippen LogP contribution >= 0.6 is 0 Å². The lowest BCUT2D eigenvalue weighted by Crippen LogP contribution is -2.51. The lowest BCUT2D eigenvalue weighted by Gasteiger charge is -2.57. The van der Waals surface area contributed by atoms with E-state index in [9.17, 15) is 4.79 Å². The number of nitrogens with zero attached hydrogens (tertiary/aromatic N) is 2. The van der Waals surface area contributed by atoms with Crippen molar-refractivity contribution in [1.29, 1.82) is 0 Å². The molecule has 0 radical (unpaired) electrons. The third-order valence-corrected chi connectivity index (χ3v) is 8.11. The molecule has 0 saturated heterocycles. The van der Waals surface area contributed by atoms with Crippen molar-refractivity contribution in [1.82, 2.24) is 9.80 Å². The van der Waals surface area contributed by atoms with Gasteiger partial charge in [0.1, 0.15) is 0 Å². The molecule has 1 aromatic carbocycles. The molecule has 1 saturated carbocycles. The maximum Gasteiger partial charge on any atom is 0.322 e. The lowest BCUT2D eigenvalue weighted by molar-refractivity contribution is -0.0103. The second-order valence-electron chi connectivity index (χ2n) is 10.2. The molecule has 2 amide bonds. The number of para-hydroxylation sites is 1. The standard InChI is InChI=1S/C27H43N3O/c1-7-29(8-2)17-11-13-21(4)30(26(31)28-25-14-10-9-12-20(25)3)19-22-15-16-23-18-24(22)27(23,5)6/h9-10,12,14-15,21,23-24H,7-8,11,13,16-19H2,1-6H3,(H,28,31). The first kappa shape index (κ1) is 23.8. The van der Waals surface area contributed by atoms with Gasteiger partial charge in [-0.1, -0.05) is 57.5 Å². The van der Waals surface area contributed by atoms with Gasteiger partial charge in [-0.15, -0.1) is 0 Å². The third kappa shape index (κ3) is 5.34. The van der Waals surface area contributed by atoms with Crippen molar-refractivity contribution in [3.63, 3.8) is 0 Å². The third-order valence-electron chi connectivity index (χ3n) is 8.11. The molecule has 1 N–H and O–H groups in total. The van der Waals surface area contributed by atoms with Crippen molar-refractivity contribution >= 4 is 11.7 Å². The quantitative estimate of drug-likeness (QED) is 0.444. The molecule has 4 heteroatoms. The number of allylic oxidation sites excluding steroid dienone is 1. The number of anilines is 1. The molecular formula is C27H43N3O. The minimum Gasteiger partial charge on any atom is -0.318 e. The summed E-state index contributed by atoms with van der Waals surface area (Å²) in [6, 6.07) is 8.29. The molecule has 3 aliphatic carbocycles. The summed E-state index contributed by atoms with van der Waals surface area (Å²) in [6.07, 6.45) is 7.04. The van der Waals surface area contributed by atoms with E-state index in [1.165, 1.54) is 18.4 Å². The monoisotopic (exact) mass is 425 g/mol. The van der Waals surface area contributed by atoms with Crippen LogP contribution in [0.2, 0.25) is 0 Å². The number of carbonyl (C=O) groups is 1. The van der Waals surface area contributed by atoms with Gasteiger partial charge in [0.25, 0.3) is 0 Å². The zero-order valence-corrected chi connectivity index (χ0v) is 20.6. The summed E-state index contributed by atoms with van der Waals surface area (Å²) in [4.78, 5) is 18.0. The predicted octanol–water partition coefficient (Wildman–Crippen LogP) is 6.33. The summed E-state index contributed by atoms with van der Waals surface area (Å²) in [5.74, 6) is 1.45. The normalized spacial score (nSPS) is 22.5.